The van der Waals surface area contributed by atoms with Gasteiger partial charge < -0.3 is 5.73 Å². The monoisotopic (exact) mass is 246 g/mol. The van der Waals surface area contributed by atoms with Gasteiger partial charge in [0.05, 0.1) is 17.1 Å². The van der Waals surface area contributed by atoms with Crippen LogP contribution in [0, 0.1) is 0 Å². The predicted molar refractivity (Wildman–Crippen MR) is 71.3 cm³/mol. The number of aromatic nitrogens is 3. The van der Waals surface area contributed by atoms with Crippen molar-refractivity contribution < 1.29 is 0 Å². The second kappa shape index (κ2) is 4.63. The summed E-state index contributed by atoms with van der Waals surface area (Å²) >= 11 is 4.90. The van der Waals surface area contributed by atoms with E-state index in [1.165, 1.54) is 0 Å². The minimum atomic E-state index is 0.295. The van der Waals surface area contributed by atoms with Crippen LogP contribution < -0.4 is 5.73 Å². The molecule has 0 bridgehead atoms. The molecule has 0 fully saturated rings. The predicted octanol–water partition coefficient (Wildman–Crippen LogP) is 2.02. The number of hydrogen-bond donors (Lipinski definition) is 1. The van der Waals surface area contributed by atoms with Gasteiger partial charge >= 0.3 is 0 Å². The Morgan fingerprint density at radius 2 is 2.18 bits per heavy atom. The van der Waals surface area contributed by atoms with Crippen molar-refractivity contribution in [1.29, 1.82) is 0 Å². The maximum atomic E-state index is 5.55. The summed E-state index contributed by atoms with van der Waals surface area (Å²) in [6.07, 6.45) is 3.61. The summed E-state index contributed by atoms with van der Waals surface area (Å²) in [4.78, 5) is 4.39. The number of pyridine rings is 1. The largest absolute Gasteiger partial charge is 0.388 e. The first-order chi connectivity index (χ1) is 8.08. The van der Waals surface area contributed by atoms with Crippen molar-refractivity contribution >= 4 is 17.2 Å². The fraction of sp³-hybridized carbons (Fsp3) is 0.250. The average molecular weight is 246 g/mol. The number of rotatable bonds is 3. The van der Waals surface area contributed by atoms with E-state index in [4.69, 9.17) is 18.0 Å². The summed E-state index contributed by atoms with van der Waals surface area (Å²) in [5.74, 6) is 0.410. The van der Waals surface area contributed by atoms with E-state index in [9.17, 15) is 0 Å². The van der Waals surface area contributed by atoms with Crippen LogP contribution in [0.2, 0.25) is 0 Å². The molecule has 0 spiro atoms. The molecule has 0 unspecified atom stereocenters. The van der Waals surface area contributed by atoms with Gasteiger partial charge in [-0.15, -0.1) is 0 Å². The van der Waals surface area contributed by atoms with Gasteiger partial charge in [0.2, 0.25) is 0 Å². The van der Waals surface area contributed by atoms with E-state index in [2.05, 4.69) is 23.9 Å². The van der Waals surface area contributed by atoms with Crippen LogP contribution in [0.5, 0.6) is 0 Å². The standard InChI is InChI=1S/C12H14N4S/c1-8(2)10-4-6-16(15-10)9-3-5-14-11(7-9)12(13)17/h3-8H,1-2H3,(H2,13,17). The molecule has 2 aromatic rings. The number of nitrogens with zero attached hydrogens (tertiary/aromatic N) is 3. The molecule has 0 amide bonds. The van der Waals surface area contributed by atoms with Crippen LogP contribution in [0.3, 0.4) is 0 Å². The van der Waals surface area contributed by atoms with Crippen molar-refractivity contribution in [1.82, 2.24) is 14.8 Å². The minimum Gasteiger partial charge on any atom is -0.388 e. The summed E-state index contributed by atoms with van der Waals surface area (Å²) < 4.78 is 1.80. The SMILES string of the molecule is CC(C)c1ccn(-c2ccnc(C(N)=S)c2)n1. The first-order valence-corrected chi connectivity index (χ1v) is 5.80. The molecule has 88 valence electrons. The van der Waals surface area contributed by atoms with Crippen molar-refractivity contribution in [2.45, 2.75) is 19.8 Å². The molecule has 17 heavy (non-hydrogen) atoms. The van der Waals surface area contributed by atoms with Crippen LogP contribution >= 0.6 is 12.2 Å². The molecular weight excluding hydrogens is 232 g/mol. The van der Waals surface area contributed by atoms with E-state index in [1.54, 1.807) is 10.9 Å². The van der Waals surface area contributed by atoms with Gasteiger partial charge in [-0.2, -0.15) is 5.10 Å². The van der Waals surface area contributed by atoms with Gasteiger partial charge in [0.1, 0.15) is 4.99 Å². The summed E-state index contributed by atoms with van der Waals surface area (Å²) in [6.45, 7) is 4.22. The highest BCUT2D eigenvalue weighted by Crippen LogP contribution is 2.14. The Kier molecular flexibility index (Phi) is 3.19. The third-order valence-electron chi connectivity index (χ3n) is 2.46. The lowest BCUT2D eigenvalue weighted by Crippen LogP contribution is -2.12. The second-order valence-electron chi connectivity index (χ2n) is 4.10. The quantitative estimate of drug-likeness (QED) is 0.842. The fourth-order valence-electron chi connectivity index (χ4n) is 1.49. The first kappa shape index (κ1) is 11.7. The Bertz CT molecular complexity index is 545. The van der Waals surface area contributed by atoms with Crippen molar-refractivity contribution in [3.05, 3.63) is 42.0 Å². The highest BCUT2D eigenvalue weighted by molar-refractivity contribution is 7.80. The van der Waals surface area contributed by atoms with Crippen molar-refractivity contribution in [3.63, 3.8) is 0 Å². The summed E-state index contributed by atoms with van der Waals surface area (Å²) in [6, 6.07) is 5.71. The van der Waals surface area contributed by atoms with Crippen LogP contribution in [-0.2, 0) is 0 Å². The zero-order chi connectivity index (χ0) is 12.4. The van der Waals surface area contributed by atoms with Gasteiger partial charge in [-0.3, -0.25) is 4.98 Å². The van der Waals surface area contributed by atoms with Crippen molar-refractivity contribution in [2.24, 2.45) is 5.73 Å². The molecule has 0 saturated heterocycles. The number of thiocarbonyl (C=S) groups is 1. The average Bonchev–Trinajstić information content (AvgIpc) is 2.78. The molecule has 2 rings (SSSR count). The molecule has 0 atom stereocenters. The van der Waals surface area contributed by atoms with Crippen LogP contribution in [-0.4, -0.2) is 19.8 Å². The van der Waals surface area contributed by atoms with Crippen LogP contribution in [0.1, 0.15) is 31.2 Å². The molecule has 4 nitrogen and oxygen atoms in total. The molecule has 0 aliphatic heterocycles. The van der Waals surface area contributed by atoms with E-state index >= 15 is 0 Å². The van der Waals surface area contributed by atoms with Gasteiger partial charge in [0.25, 0.3) is 0 Å². The third kappa shape index (κ3) is 2.50. The Morgan fingerprint density at radius 3 is 2.76 bits per heavy atom. The van der Waals surface area contributed by atoms with Crippen molar-refractivity contribution in [2.75, 3.05) is 0 Å². The van der Waals surface area contributed by atoms with Gasteiger partial charge in [-0.25, -0.2) is 4.68 Å². The molecule has 2 heterocycles. The third-order valence-corrected chi connectivity index (χ3v) is 2.67. The molecule has 0 aliphatic rings. The number of nitrogens with two attached hydrogens (primary N) is 1. The van der Waals surface area contributed by atoms with Gasteiger partial charge in [0, 0.05) is 12.4 Å². The molecule has 5 heteroatoms. The van der Waals surface area contributed by atoms with Crippen molar-refractivity contribution in [3.8, 4) is 5.69 Å². The minimum absolute atomic E-state index is 0.295. The summed E-state index contributed by atoms with van der Waals surface area (Å²) in [7, 11) is 0. The Labute approximate surface area is 105 Å². The zero-order valence-electron chi connectivity index (χ0n) is 9.79. The first-order valence-electron chi connectivity index (χ1n) is 5.39. The van der Waals surface area contributed by atoms with E-state index in [-0.39, 0.29) is 0 Å². The molecule has 2 N–H and O–H groups in total. The van der Waals surface area contributed by atoms with Crippen LogP contribution in [0.15, 0.2) is 30.6 Å². The topological polar surface area (TPSA) is 56.7 Å². The lowest BCUT2D eigenvalue weighted by molar-refractivity contribution is 0.767. The van der Waals surface area contributed by atoms with Crippen LogP contribution in [0.4, 0.5) is 0 Å². The number of hydrogen-bond acceptors (Lipinski definition) is 3. The van der Waals surface area contributed by atoms with Gasteiger partial charge in [0.15, 0.2) is 0 Å². The Hall–Kier alpha value is -1.75. The summed E-state index contributed by atoms with van der Waals surface area (Å²) in [5.41, 5.74) is 8.13. The van der Waals surface area contributed by atoms with E-state index < -0.39 is 0 Å². The maximum Gasteiger partial charge on any atom is 0.122 e. The maximum absolute atomic E-state index is 5.55. The highest BCUT2D eigenvalue weighted by Gasteiger charge is 2.06. The molecule has 0 aromatic carbocycles. The molecule has 0 radical (unpaired) electrons. The second-order valence-corrected chi connectivity index (χ2v) is 4.54. The summed E-state index contributed by atoms with van der Waals surface area (Å²) in [5, 5.41) is 4.49. The van der Waals surface area contributed by atoms with E-state index in [1.807, 2.05) is 24.4 Å². The lowest BCUT2D eigenvalue weighted by Gasteiger charge is -2.04. The highest BCUT2D eigenvalue weighted by atomic mass is 32.1. The molecular formula is C12H14N4S. The zero-order valence-corrected chi connectivity index (χ0v) is 10.6. The Balaban J connectivity index is 2.38. The van der Waals surface area contributed by atoms with E-state index in [0.717, 1.165) is 11.4 Å². The Morgan fingerprint density at radius 1 is 1.41 bits per heavy atom. The van der Waals surface area contributed by atoms with Gasteiger partial charge in [-0.1, -0.05) is 26.1 Å². The molecule has 2 aromatic heterocycles. The normalized spacial score (nSPS) is 10.8. The smallest absolute Gasteiger partial charge is 0.122 e. The van der Waals surface area contributed by atoms with Crippen LogP contribution in [0.25, 0.3) is 5.69 Å². The lowest BCUT2D eigenvalue weighted by atomic mass is 10.1. The molecule has 0 aliphatic carbocycles. The van der Waals surface area contributed by atoms with E-state index in [0.29, 0.717) is 16.6 Å². The van der Waals surface area contributed by atoms with Gasteiger partial charge in [-0.05, 0) is 24.1 Å². The fourth-order valence-corrected chi connectivity index (χ4v) is 1.60. The molecule has 0 saturated carbocycles.